The Labute approximate surface area is 158 Å². The van der Waals surface area contributed by atoms with Gasteiger partial charge in [0.25, 0.3) is 0 Å². The largest absolute Gasteiger partial charge is 0.444 e. The first kappa shape index (κ1) is 21.0. The highest BCUT2D eigenvalue weighted by atomic mass is 35.5. The highest BCUT2D eigenvalue weighted by molar-refractivity contribution is 7.13. The fourth-order valence-corrected chi connectivity index (χ4v) is 3.63. The SMILES string of the molecule is CC(N)C1CCCCN1C(=O)Cc1coc(-c2cccs2)n1.Cl.Cl. The van der Waals surface area contributed by atoms with Gasteiger partial charge in [0.15, 0.2) is 0 Å². The molecule has 1 fully saturated rings. The third kappa shape index (κ3) is 4.72. The number of halogens is 2. The van der Waals surface area contributed by atoms with Gasteiger partial charge in [-0.2, -0.15) is 0 Å². The lowest BCUT2D eigenvalue weighted by Gasteiger charge is -2.38. The second kappa shape index (κ2) is 9.42. The molecule has 134 valence electrons. The molecule has 0 radical (unpaired) electrons. The van der Waals surface area contributed by atoms with E-state index in [4.69, 9.17) is 10.2 Å². The molecule has 0 saturated carbocycles. The Hall–Kier alpha value is -1.08. The lowest BCUT2D eigenvalue weighted by molar-refractivity contribution is -0.134. The topological polar surface area (TPSA) is 72.4 Å². The Morgan fingerprint density at radius 2 is 2.29 bits per heavy atom. The Balaban J connectivity index is 0.00000144. The van der Waals surface area contributed by atoms with E-state index in [0.717, 1.165) is 30.7 Å². The maximum Gasteiger partial charge on any atom is 0.236 e. The van der Waals surface area contributed by atoms with E-state index in [1.165, 1.54) is 0 Å². The number of nitrogens with two attached hydrogens (primary N) is 1. The van der Waals surface area contributed by atoms with Crippen molar-refractivity contribution in [3.8, 4) is 10.8 Å². The van der Waals surface area contributed by atoms with Gasteiger partial charge in [-0.25, -0.2) is 4.98 Å². The van der Waals surface area contributed by atoms with Gasteiger partial charge in [0.2, 0.25) is 11.8 Å². The molecule has 8 heteroatoms. The molecule has 5 nitrogen and oxygen atoms in total. The first-order valence-corrected chi connectivity index (χ1v) is 8.56. The number of likely N-dealkylation sites (tertiary alicyclic amines) is 1. The van der Waals surface area contributed by atoms with Gasteiger partial charge in [0.1, 0.15) is 6.26 Å². The number of piperidine rings is 1. The van der Waals surface area contributed by atoms with E-state index in [0.29, 0.717) is 11.6 Å². The first-order valence-electron chi connectivity index (χ1n) is 7.68. The minimum atomic E-state index is 0. The molecule has 0 spiro atoms. The standard InChI is InChI=1S/C16H21N3O2S.2ClH/c1-11(17)13-5-2-3-7-19(13)15(20)9-12-10-21-16(18-12)14-6-4-8-22-14;;/h4,6,8,10-11,13H,2-3,5,7,9,17H2,1H3;2*1H. The van der Waals surface area contributed by atoms with Gasteiger partial charge in [-0.05, 0) is 37.6 Å². The molecule has 2 aromatic heterocycles. The number of rotatable bonds is 4. The third-order valence-corrected chi connectivity index (χ3v) is 4.95. The minimum absolute atomic E-state index is 0. The van der Waals surface area contributed by atoms with Crippen LogP contribution in [0, 0.1) is 0 Å². The summed E-state index contributed by atoms with van der Waals surface area (Å²) in [4.78, 5) is 19.9. The molecule has 3 rings (SSSR count). The van der Waals surface area contributed by atoms with Crippen molar-refractivity contribution in [2.45, 2.75) is 44.7 Å². The average Bonchev–Trinajstić information content (AvgIpc) is 3.17. The van der Waals surface area contributed by atoms with Crippen molar-refractivity contribution in [1.82, 2.24) is 9.88 Å². The first-order chi connectivity index (χ1) is 10.6. The average molecular weight is 392 g/mol. The molecule has 1 amide bonds. The molecule has 0 aliphatic carbocycles. The number of hydrogen-bond acceptors (Lipinski definition) is 5. The molecule has 2 atom stereocenters. The maximum atomic E-state index is 12.6. The summed E-state index contributed by atoms with van der Waals surface area (Å²) in [5.41, 5.74) is 6.71. The van der Waals surface area contributed by atoms with Gasteiger partial charge in [-0.3, -0.25) is 4.79 Å². The highest BCUT2D eigenvalue weighted by Gasteiger charge is 2.29. The summed E-state index contributed by atoms with van der Waals surface area (Å²) in [5.74, 6) is 0.674. The summed E-state index contributed by atoms with van der Waals surface area (Å²) in [7, 11) is 0. The number of hydrogen-bond donors (Lipinski definition) is 1. The number of carbonyl (C=O) groups is 1. The van der Waals surface area contributed by atoms with Crippen LogP contribution in [0.2, 0.25) is 0 Å². The molecule has 2 unspecified atom stereocenters. The van der Waals surface area contributed by atoms with Gasteiger partial charge < -0.3 is 15.1 Å². The van der Waals surface area contributed by atoms with E-state index in [-0.39, 0.29) is 49.2 Å². The molecular weight excluding hydrogens is 369 g/mol. The molecule has 2 aromatic rings. The fraction of sp³-hybridized carbons (Fsp3) is 0.500. The van der Waals surface area contributed by atoms with Crippen molar-refractivity contribution >= 4 is 42.1 Å². The lowest BCUT2D eigenvalue weighted by atomic mass is 9.96. The zero-order valence-corrected chi connectivity index (χ0v) is 16.0. The van der Waals surface area contributed by atoms with E-state index in [1.54, 1.807) is 17.6 Å². The molecule has 3 heterocycles. The van der Waals surface area contributed by atoms with Crippen LogP contribution in [-0.4, -0.2) is 34.4 Å². The molecule has 2 N–H and O–H groups in total. The van der Waals surface area contributed by atoms with Crippen LogP contribution in [0.3, 0.4) is 0 Å². The Morgan fingerprint density at radius 1 is 1.50 bits per heavy atom. The monoisotopic (exact) mass is 391 g/mol. The minimum Gasteiger partial charge on any atom is -0.444 e. The van der Waals surface area contributed by atoms with Gasteiger partial charge in [0.05, 0.1) is 17.0 Å². The number of carbonyl (C=O) groups excluding carboxylic acids is 1. The normalized spacial score (nSPS) is 18.4. The molecule has 1 saturated heterocycles. The van der Waals surface area contributed by atoms with E-state index in [1.807, 2.05) is 29.3 Å². The van der Waals surface area contributed by atoms with E-state index < -0.39 is 0 Å². The van der Waals surface area contributed by atoms with Crippen LogP contribution in [0.25, 0.3) is 10.8 Å². The Morgan fingerprint density at radius 3 is 2.96 bits per heavy atom. The quantitative estimate of drug-likeness (QED) is 0.864. The molecule has 1 aliphatic heterocycles. The Bertz CT molecular complexity index is 631. The summed E-state index contributed by atoms with van der Waals surface area (Å²) >= 11 is 1.57. The van der Waals surface area contributed by atoms with E-state index in [9.17, 15) is 4.79 Å². The van der Waals surface area contributed by atoms with Gasteiger partial charge in [0, 0.05) is 18.6 Å². The summed E-state index contributed by atoms with van der Waals surface area (Å²) in [5, 5.41) is 1.98. The third-order valence-electron chi connectivity index (χ3n) is 4.09. The Kier molecular flexibility index (Phi) is 8.22. The van der Waals surface area contributed by atoms with E-state index >= 15 is 0 Å². The molecule has 24 heavy (non-hydrogen) atoms. The van der Waals surface area contributed by atoms with Crippen LogP contribution >= 0.6 is 36.2 Å². The summed E-state index contributed by atoms with van der Waals surface area (Å²) in [6, 6.07) is 4.06. The smallest absolute Gasteiger partial charge is 0.236 e. The van der Waals surface area contributed by atoms with Gasteiger partial charge >= 0.3 is 0 Å². The second-order valence-corrected chi connectivity index (χ2v) is 6.76. The van der Waals surface area contributed by atoms with Crippen LogP contribution in [0.1, 0.15) is 31.9 Å². The van der Waals surface area contributed by atoms with Gasteiger partial charge in [-0.1, -0.05) is 6.07 Å². The van der Waals surface area contributed by atoms with Crippen molar-refractivity contribution in [2.75, 3.05) is 6.54 Å². The van der Waals surface area contributed by atoms with Crippen molar-refractivity contribution in [3.63, 3.8) is 0 Å². The molecule has 0 aromatic carbocycles. The summed E-state index contributed by atoms with van der Waals surface area (Å²) in [6.07, 6.45) is 5.04. The van der Waals surface area contributed by atoms with E-state index in [2.05, 4.69) is 4.98 Å². The predicted octanol–water partition coefficient (Wildman–Crippen LogP) is 3.52. The molecule has 0 bridgehead atoms. The van der Waals surface area contributed by atoms with Crippen LogP contribution in [0.4, 0.5) is 0 Å². The van der Waals surface area contributed by atoms with Crippen molar-refractivity contribution in [1.29, 1.82) is 0 Å². The maximum absolute atomic E-state index is 12.6. The lowest BCUT2D eigenvalue weighted by Crippen LogP contribution is -2.52. The zero-order chi connectivity index (χ0) is 15.5. The zero-order valence-electron chi connectivity index (χ0n) is 13.5. The number of amides is 1. The van der Waals surface area contributed by atoms with Crippen LogP contribution in [0.15, 0.2) is 28.2 Å². The van der Waals surface area contributed by atoms with Crippen LogP contribution < -0.4 is 5.73 Å². The number of nitrogens with zero attached hydrogens (tertiary/aromatic N) is 2. The summed E-state index contributed by atoms with van der Waals surface area (Å²) < 4.78 is 5.48. The number of oxazole rings is 1. The van der Waals surface area contributed by atoms with Crippen LogP contribution in [-0.2, 0) is 11.2 Å². The fourth-order valence-electron chi connectivity index (χ4n) is 2.97. The van der Waals surface area contributed by atoms with Crippen LogP contribution in [0.5, 0.6) is 0 Å². The second-order valence-electron chi connectivity index (χ2n) is 5.81. The van der Waals surface area contributed by atoms with Crippen molar-refractivity contribution in [3.05, 3.63) is 29.5 Å². The van der Waals surface area contributed by atoms with Gasteiger partial charge in [-0.15, -0.1) is 36.2 Å². The predicted molar refractivity (Wildman–Crippen MR) is 101 cm³/mol. The summed E-state index contributed by atoms with van der Waals surface area (Å²) in [6.45, 7) is 2.77. The highest BCUT2D eigenvalue weighted by Crippen LogP contribution is 2.24. The van der Waals surface area contributed by atoms with Crippen molar-refractivity contribution in [2.24, 2.45) is 5.73 Å². The number of aromatic nitrogens is 1. The molecule has 1 aliphatic rings. The number of thiophene rings is 1. The molecular formula is C16H23Cl2N3O2S. The van der Waals surface area contributed by atoms with Crippen molar-refractivity contribution < 1.29 is 9.21 Å².